The van der Waals surface area contributed by atoms with Crippen molar-refractivity contribution in [2.45, 2.75) is 32.8 Å². The van der Waals surface area contributed by atoms with E-state index in [0.717, 1.165) is 37.6 Å². The first-order chi connectivity index (χ1) is 7.75. The van der Waals surface area contributed by atoms with Crippen LogP contribution in [0.2, 0.25) is 0 Å². The van der Waals surface area contributed by atoms with Crippen molar-refractivity contribution in [1.29, 1.82) is 0 Å². The van der Waals surface area contributed by atoms with Crippen LogP contribution in [0, 0.1) is 5.92 Å². The second-order valence-corrected chi connectivity index (χ2v) is 4.94. The first kappa shape index (κ1) is 11.5. The van der Waals surface area contributed by atoms with Gasteiger partial charge in [0, 0.05) is 6.42 Å². The molecule has 1 aromatic carbocycles. The van der Waals surface area contributed by atoms with Gasteiger partial charge in [-0.2, -0.15) is 0 Å². The van der Waals surface area contributed by atoms with E-state index in [4.69, 9.17) is 4.74 Å². The zero-order valence-corrected chi connectivity index (χ0v) is 10.2. The Morgan fingerprint density at radius 3 is 2.94 bits per heavy atom. The Kier molecular flexibility index (Phi) is 3.83. The van der Waals surface area contributed by atoms with Gasteiger partial charge in [-0.05, 0) is 37.1 Å². The third kappa shape index (κ3) is 2.99. The molecular weight excluding hydrogens is 198 g/mol. The summed E-state index contributed by atoms with van der Waals surface area (Å²) >= 11 is 0. The fourth-order valence-electron chi connectivity index (χ4n) is 2.07. The van der Waals surface area contributed by atoms with Gasteiger partial charge in [-0.25, -0.2) is 0 Å². The van der Waals surface area contributed by atoms with Crippen molar-refractivity contribution in [2.24, 2.45) is 5.92 Å². The molecule has 1 unspecified atom stereocenters. The summed E-state index contributed by atoms with van der Waals surface area (Å²) in [5.74, 6) is 1.80. The van der Waals surface area contributed by atoms with Crippen LogP contribution >= 0.6 is 0 Å². The standard InChI is InChI=1S/C14H21NO/c1-11(2)10-15-8-7-13-9-12-5-3-4-6-14(12)16-13/h3-6,11,13,15H,7-10H2,1-2H3. The normalized spacial score (nSPS) is 18.6. The summed E-state index contributed by atoms with van der Waals surface area (Å²) in [5, 5.41) is 3.46. The van der Waals surface area contributed by atoms with Crippen LogP contribution in [0.15, 0.2) is 24.3 Å². The van der Waals surface area contributed by atoms with Gasteiger partial charge in [-0.3, -0.25) is 0 Å². The number of hydrogen-bond acceptors (Lipinski definition) is 2. The minimum atomic E-state index is 0.372. The van der Waals surface area contributed by atoms with Gasteiger partial charge >= 0.3 is 0 Å². The highest BCUT2D eigenvalue weighted by molar-refractivity contribution is 5.37. The third-order valence-electron chi connectivity index (χ3n) is 2.91. The molecule has 16 heavy (non-hydrogen) atoms. The fraction of sp³-hybridized carbons (Fsp3) is 0.571. The van der Waals surface area contributed by atoms with E-state index in [1.54, 1.807) is 0 Å². The van der Waals surface area contributed by atoms with Crippen LogP contribution in [0.25, 0.3) is 0 Å². The molecule has 0 saturated heterocycles. The van der Waals surface area contributed by atoms with Crippen molar-refractivity contribution in [2.75, 3.05) is 13.1 Å². The van der Waals surface area contributed by atoms with E-state index in [1.165, 1.54) is 5.56 Å². The van der Waals surface area contributed by atoms with Gasteiger partial charge in [-0.15, -0.1) is 0 Å². The van der Waals surface area contributed by atoms with Crippen LogP contribution in [0.5, 0.6) is 5.75 Å². The predicted molar refractivity (Wildman–Crippen MR) is 66.9 cm³/mol. The van der Waals surface area contributed by atoms with Crippen LogP contribution in [-0.2, 0) is 6.42 Å². The number of nitrogens with one attached hydrogen (secondary N) is 1. The molecule has 0 aliphatic carbocycles. The maximum absolute atomic E-state index is 5.87. The van der Waals surface area contributed by atoms with Crippen LogP contribution in [0.3, 0.4) is 0 Å². The van der Waals surface area contributed by atoms with Crippen molar-refractivity contribution in [1.82, 2.24) is 5.32 Å². The molecule has 0 saturated carbocycles. The van der Waals surface area contributed by atoms with E-state index < -0.39 is 0 Å². The monoisotopic (exact) mass is 219 g/mol. The number of hydrogen-bond donors (Lipinski definition) is 1. The lowest BCUT2D eigenvalue weighted by Crippen LogP contribution is -2.25. The number of fused-ring (bicyclic) bond motifs is 1. The van der Waals surface area contributed by atoms with Gasteiger partial charge in [0.25, 0.3) is 0 Å². The fourth-order valence-corrected chi connectivity index (χ4v) is 2.07. The predicted octanol–water partition coefficient (Wildman–Crippen LogP) is 2.63. The Labute approximate surface area is 98.0 Å². The van der Waals surface area contributed by atoms with Gasteiger partial charge in [-0.1, -0.05) is 32.0 Å². The van der Waals surface area contributed by atoms with Crippen molar-refractivity contribution < 1.29 is 4.74 Å². The summed E-state index contributed by atoms with van der Waals surface area (Å²) in [4.78, 5) is 0. The second-order valence-electron chi connectivity index (χ2n) is 4.94. The summed E-state index contributed by atoms with van der Waals surface area (Å²) < 4.78 is 5.87. The molecule has 0 fully saturated rings. The lowest BCUT2D eigenvalue weighted by atomic mass is 10.1. The molecule has 0 aromatic heterocycles. The van der Waals surface area contributed by atoms with Gasteiger partial charge in [0.1, 0.15) is 11.9 Å². The SMILES string of the molecule is CC(C)CNCCC1Cc2ccccc2O1. The van der Waals surface area contributed by atoms with E-state index >= 15 is 0 Å². The Bertz CT molecular complexity index is 310. The molecule has 2 rings (SSSR count). The minimum Gasteiger partial charge on any atom is -0.490 e. The third-order valence-corrected chi connectivity index (χ3v) is 2.91. The quantitative estimate of drug-likeness (QED) is 0.769. The Morgan fingerprint density at radius 2 is 2.19 bits per heavy atom. The highest BCUT2D eigenvalue weighted by Crippen LogP contribution is 2.29. The van der Waals surface area contributed by atoms with Crippen molar-refractivity contribution in [3.05, 3.63) is 29.8 Å². The maximum atomic E-state index is 5.87. The lowest BCUT2D eigenvalue weighted by molar-refractivity contribution is 0.219. The number of rotatable bonds is 5. The highest BCUT2D eigenvalue weighted by Gasteiger charge is 2.21. The molecular formula is C14H21NO. The largest absolute Gasteiger partial charge is 0.490 e. The van der Waals surface area contributed by atoms with E-state index in [1.807, 2.05) is 6.07 Å². The van der Waals surface area contributed by atoms with E-state index in [-0.39, 0.29) is 0 Å². The van der Waals surface area contributed by atoms with Crippen LogP contribution in [0.1, 0.15) is 25.8 Å². The first-order valence-corrected chi connectivity index (χ1v) is 6.21. The van der Waals surface area contributed by atoms with Crippen LogP contribution < -0.4 is 10.1 Å². The average Bonchev–Trinajstić information content (AvgIpc) is 2.66. The van der Waals surface area contributed by atoms with Gasteiger partial charge < -0.3 is 10.1 Å². The highest BCUT2D eigenvalue weighted by atomic mass is 16.5. The molecule has 1 aliphatic heterocycles. The maximum Gasteiger partial charge on any atom is 0.123 e. The van der Waals surface area contributed by atoms with E-state index in [2.05, 4.69) is 37.4 Å². The van der Waals surface area contributed by atoms with Crippen LogP contribution in [-0.4, -0.2) is 19.2 Å². The number of para-hydroxylation sites is 1. The average molecular weight is 219 g/mol. The van der Waals surface area contributed by atoms with Crippen molar-refractivity contribution >= 4 is 0 Å². The number of ether oxygens (including phenoxy) is 1. The Morgan fingerprint density at radius 1 is 1.38 bits per heavy atom. The van der Waals surface area contributed by atoms with Crippen molar-refractivity contribution in [3.8, 4) is 5.75 Å². The summed E-state index contributed by atoms with van der Waals surface area (Å²) in [6.07, 6.45) is 2.54. The zero-order valence-electron chi connectivity index (χ0n) is 10.2. The second kappa shape index (κ2) is 5.35. The summed E-state index contributed by atoms with van der Waals surface area (Å²) in [5.41, 5.74) is 1.36. The Balaban J connectivity index is 1.71. The molecule has 0 spiro atoms. The van der Waals surface area contributed by atoms with Crippen molar-refractivity contribution in [3.63, 3.8) is 0 Å². The summed E-state index contributed by atoms with van der Waals surface area (Å²) in [7, 11) is 0. The molecule has 1 atom stereocenters. The van der Waals surface area contributed by atoms with E-state index in [0.29, 0.717) is 6.10 Å². The smallest absolute Gasteiger partial charge is 0.123 e. The molecule has 2 nitrogen and oxygen atoms in total. The molecule has 1 aliphatic rings. The van der Waals surface area contributed by atoms with Gasteiger partial charge in [0.2, 0.25) is 0 Å². The zero-order chi connectivity index (χ0) is 11.4. The molecule has 1 heterocycles. The molecule has 0 bridgehead atoms. The van der Waals surface area contributed by atoms with Gasteiger partial charge in [0.05, 0.1) is 0 Å². The number of benzene rings is 1. The molecule has 1 aromatic rings. The topological polar surface area (TPSA) is 21.3 Å². The molecule has 2 heteroatoms. The summed E-state index contributed by atoms with van der Waals surface area (Å²) in [6, 6.07) is 8.35. The first-order valence-electron chi connectivity index (χ1n) is 6.21. The molecule has 0 radical (unpaired) electrons. The van der Waals surface area contributed by atoms with Crippen LogP contribution in [0.4, 0.5) is 0 Å². The summed E-state index contributed by atoms with van der Waals surface area (Å²) in [6.45, 7) is 6.61. The molecule has 88 valence electrons. The molecule has 1 N–H and O–H groups in total. The Hall–Kier alpha value is -1.02. The van der Waals surface area contributed by atoms with E-state index in [9.17, 15) is 0 Å². The minimum absolute atomic E-state index is 0.372. The lowest BCUT2D eigenvalue weighted by Gasteiger charge is -2.12. The van der Waals surface area contributed by atoms with Gasteiger partial charge in [0.15, 0.2) is 0 Å². The molecule has 0 amide bonds.